The van der Waals surface area contributed by atoms with Crippen LogP contribution in [0.25, 0.3) is 0 Å². The number of amides is 1. The van der Waals surface area contributed by atoms with Gasteiger partial charge in [0.05, 0.1) is 6.04 Å². The van der Waals surface area contributed by atoms with Crippen molar-refractivity contribution in [2.45, 2.75) is 56.7 Å². The summed E-state index contributed by atoms with van der Waals surface area (Å²) in [7, 11) is 0. The van der Waals surface area contributed by atoms with Gasteiger partial charge in [-0.25, -0.2) is 4.79 Å². The Balaban J connectivity index is 1.71. The quantitative estimate of drug-likeness (QED) is 0.527. The summed E-state index contributed by atoms with van der Waals surface area (Å²) in [6.45, 7) is 0.350. The highest BCUT2D eigenvalue weighted by atomic mass is 16.4. The van der Waals surface area contributed by atoms with Gasteiger partial charge in [0.15, 0.2) is 0 Å². The molecule has 170 valence electrons. The molecule has 0 bridgehead atoms. The topological polar surface area (TPSA) is 107 Å². The molecule has 0 saturated carbocycles. The van der Waals surface area contributed by atoms with Gasteiger partial charge in [-0.15, -0.1) is 0 Å². The first-order valence-electron chi connectivity index (χ1n) is 11.1. The summed E-state index contributed by atoms with van der Waals surface area (Å²) < 4.78 is 0. The predicted molar refractivity (Wildman–Crippen MR) is 120 cm³/mol. The summed E-state index contributed by atoms with van der Waals surface area (Å²) in [6.07, 6.45) is 3.02. The van der Waals surface area contributed by atoms with Crippen LogP contribution >= 0.6 is 0 Å². The van der Waals surface area contributed by atoms with E-state index in [4.69, 9.17) is 0 Å². The Morgan fingerprint density at radius 1 is 0.938 bits per heavy atom. The Hall–Kier alpha value is -3.19. The molecule has 3 N–H and O–H groups in total. The summed E-state index contributed by atoms with van der Waals surface area (Å²) >= 11 is 0. The molecule has 2 aromatic carbocycles. The minimum absolute atomic E-state index is 0.213. The molecule has 7 nitrogen and oxygen atoms in total. The molecule has 1 fully saturated rings. The molecule has 1 aliphatic heterocycles. The zero-order chi connectivity index (χ0) is 22.9. The molecule has 0 aliphatic carbocycles. The van der Waals surface area contributed by atoms with E-state index in [1.165, 1.54) is 4.90 Å². The average Bonchev–Trinajstić information content (AvgIpc) is 2.97. The maximum Gasteiger partial charge on any atom is 0.326 e. The SMILES string of the molecule is O=C(O)[C@H](CCc1ccccc1)N[C@H]1CCCCN([C@H](Cc2ccccc2)C(=O)O)C1=O. The molecular formula is C25H30N2O5. The number of nitrogens with zero attached hydrogens (tertiary/aromatic N) is 1. The molecule has 1 heterocycles. The lowest BCUT2D eigenvalue weighted by Crippen LogP contribution is -2.55. The summed E-state index contributed by atoms with van der Waals surface area (Å²) in [5, 5.41) is 22.6. The Kier molecular flexibility index (Phi) is 8.39. The van der Waals surface area contributed by atoms with E-state index in [2.05, 4.69) is 5.32 Å². The van der Waals surface area contributed by atoms with Crippen LogP contribution in [-0.2, 0) is 27.2 Å². The van der Waals surface area contributed by atoms with Gasteiger partial charge >= 0.3 is 11.9 Å². The number of carbonyl (C=O) groups is 3. The number of benzene rings is 2. The number of hydrogen-bond donors (Lipinski definition) is 3. The summed E-state index contributed by atoms with van der Waals surface area (Å²) in [5.74, 6) is -2.40. The lowest BCUT2D eigenvalue weighted by molar-refractivity contribution is -0.151. The fraction of sp³-hybridized carbons (Fsp3) is 0.400. The van der Waals surface area contributed by atoms with Gasteiger partial charge in [-0.2, -0.15) is 0 Å². The Morgan fingerprint density at radius 3 is 2.16 bits per heavy atom. The van der Waals surface area contributed by atoms with Crippen molar-refractivity contribution in [3.63, 3.8) is 0 Å². The minimum atomic E-state index is -1.05. The Morgan fingerprint density at radius 2 is 1.56 bits per heavy atom. The molecule has 1 aliphatic rings. The van der Waals surface area contributed by atoms with Crippen LogP contribution in [0.2, 0.25) is 0 Å². The molecule has 2 aromatic rings. The molecule has 0 unspecified atom stereocenters. The number of aryl methyl sites for hydroxylation is 1. The zero-order valence-electron chi connectivity index (χ0n) is 18.0. The van der Waals surface area contributed by atoms with Crippen molar-refractivity contribution in [3.05, 3.63) is 71.8 Å². The minimum Gasteiger partial charge on any atom is -0.480 e. The van der Waals surface area contributed by atoms with Crippen LogP contribution in [0.15, 0.2) is 60.7 Å². The van der Waals surface area contributed by atoms with Gasteiger partial charge in [0.2, 0.25) is 5.91 Å². The third-order valence-electron chi connectivity index (χ3n) is 5.92. The van der Waals surface area contributed by atoms with E-state index < -0.39 is 30.1 Å². The highest BCUT2D eigenvalue weighted by molar-refractivity contribution is 5.88. The molecule has 7 heteroatoms. The van der Waals surface area contributed by atoms with Gasteiger partial charge in [0.25, 0.3) is 0 Å². The van der Waals surface area contributed by atoms with E-state index in [9.17, 15) is 24.6 Å². The van der Waals surface area contributed by atoms with E-state index in [0.29, 0.717) is 32.2 Å². The molecular weight excluding hydrogens is 408 g/mol. The molecule has 1 amide bonds. The third kappa shape index (κ3) is 6.40. The van der Waals surface area contributed by atoms with Gasteiger partial charge in [-0.05, 0) is 43.2 Å². The summed E-state index contributed by atoms with van der Waals surface area (Å²) in [4.78, 5) is 38.7. The normalized spacial score (nSPS) is 18.6. The van der Waals surface area contributed by atoms with Crippen molar-refractivity contribution in [1.29, 1.82) is 0 Å². The molecule has 0 aromatic heterocycles. The van der Waals surface area contributed by atoms with Gasteiger partial charge in [0.1, 0.15) is 12.1 Å². The number of nitrogens with one attached hydrogen (secondary N) is 1. The molecule has 1 saturated heterocycles. The highest BCUT2D eigenvalue weighted by Crippen LogP contribution is 2.19. The van der Waals surface area contributed by atoms with Crippen molar-refractivity contribution < 1.29 is 24.6 Å². The predicted octanol–water partition coefficient (Wildman–Crippen LogP) is 2.74. The van der Waals surface area contributed by atoms with E-state index in [1.54, 1.807) is 0 Å². The fourth-order valence-corrected chi connectivity index (χ4v) is 4.17. The number of aliphatic carboxylic acids is 2. The molecule has 32 heavy (non-hydrogen) atoms. The second-order valence-electron chi connectivity index (χ2n) is 8.21. The van der Waals surface area contributed by atoms with E-state index in [0.717, 1.165) is 17.5 Å². The lowest BCUT2D eigenvalue weighted by Gasteiger charge is -2.31. The van der Waals surface area contributed by atoms with Crippen LogP contribution in [0.1, 0.15) is 36.8 Å². The average molecular weight is 439 g/mol. The summed E-state index contributed by atoms with van der Waals surface area (Å²) in [6, 6.07) is 16.2. The number of carbonyl (C=O) groups excluding carboxylic acids is 1. The van der Waals surface area contributed by atoms with Crippen molar-refractivity contribution >= 4 is 17.8 Å². The van der Waals surface area contributed by atoms with Crippen molar-refractivity contribution in [2.24, 2.45) is 0 Å². The molecule has 0 radical (unpaired) electrons. The van der Waals surface area contributed by atoms with E-state index in [-0.39, 0.29) is 12.3 Å². The fourth-order valence-electron chi connectivity index (χ4n) is 4.17. The Bertz CT molecular complexity index is 903. The second-order valence-corrected chi connectivity index (χ2v) is 8.21. The third-order valence-corrected chi connectivity index (χ3v) is 5.92. The number of carboxylic acids is 2. The van der Waals surface area contributed by atoms with Crippen molar-refractivity contribution in [2.75, 3.05) is 6.54 Å². The van der Waals surface area contributed by atoms with Crippen molar-refractivity contribution in [3.8, 4) is 0 Å². The molecule has 3 atom stereocenters. The monoisotopic (exact) mass is 438 g/mol. The van der Waals surface area contributed by atoms with Gasteiger partial charge in [0, 0.05) is 13.0 Å². The van der Waals surface area contributed by atoms with Gasteiger partial charge in [-0.1, -0.05) is 60.7 Å². The van der Waals surface area contributed by atoms with Crippen LogP contribution < -0.4 is 5.32 Å². The van der Waals surface area contributed by atoms with E-state index >= 15 is 0 Å². The van der Waals surface area contributed by atoms with Crippen LogP contribution in [0, 0.1) is 0 Å². The van der Waals surface area contributed by atoms with Crippen LogP contribution in [-0.4, -0.2) is 57.6 Å². The Labute approximate surface area is 188 Å². The summed E-state index contributed by atoms with van der Waals surface area (Å²) in [5.41, 5.74) is 1.87. The van der Waals surface area contributed by atoms with Gasteiger partial charge in [-0.3, -0.25) is 14.9 Å². The number of hydrogen-bond acceptors (Lipinski definition) is 4. The first kappa shape index (κ1) is 23.5. The van der Waals surface area contributed by atoms with Gasteiger partial charge < -0.3 is 15.1 Å². The van der Waals surface area contributed by atoms with Crippen LogP contribution in [0.5, 0.6) is 0 Å². The molecule has 0 spiro atoms. The second kappa shape index (κ2) is 11.4. The first-order chi connectivity index (χ1) is 15.5. The van der Waals surface area contributed by atoms with Crippen LogP contribution in [0.3, 0.4) is 0 Å². The lowest BCUT2D eigenvalue weighted by atomic mass is 10.0. The standard InChI is InChI=1S/C25H30N2O5/c28-23-20(26-21(24(29)30)15-14-18-9-3-1-4-10-18)13-7-8-16-27(23)22(25(31)32)17-19-11-5-2-6-12-19/h1-6,9-12,20-22,26H,7-8,13-17H2,(H,29,30)(H,31,32)/t20-,21-,22+/m0/s1. The maximum atomic E-state index is 13.3. The number of likely N-dealkylation sites (tertiary alicyclic amines) is 1. The zero-order valence-corrected chi connectivity index (χ0v) is 18.0. The number of rotatable bonds is 10. The highest BCUT2D eigenvalue weighted by Gasteiger charge is 2.36. The van der Waals surface area contributed by atoms with E-state index in [1.807, 2.05) is 60.7 Å². The number of carboxylic acid groups (broad SMARTS) is 2. The largest absolute Gasteiger partial charge is 0.480 e. The van der Waals surface area contributed by atoms with Crippen molar-refractivity contribution in [1.82, 2.24) is 10.2 Å². The molecule has 3 rings (SSSR count). The van der Waals surface area contributed by atoms with Crippen LogP contribution in [0.4, 0.5) is 0 Å². The smallest absolute Gasteiger partial charge is 0.326 e. The maximum absolute atomic E-state index is 13.3. The first-order valence-corrected chi connectivity index (χ1v) is 11.1.